The van der Waals surface area contributed by atoms with Crippen LogP contribution in [0.2, 0.25) is 0 Å². The Morgan fingerprint density at radius 3 is 2.43 bits per heavy atom. The summed E-state index contributed by atoms with van der Waals surface area (Å²) in [5.74, 6) is -2.04. The first kappa shape index (κ1) is 25.3. The number of allylic oxidation sites excluding steroid dienone is 2. The van der Waals surface area contributed by atoms with Crippen LogP contribution in [0.3, 0.4) is 0 Å². The summed E-state index contributed by atoms with van der Waals surface area (Å²) in [5, 5.41) is 30.1. The van der Waals surface area contributed by atoms with Gasteiger partial charge in [0.05, 0.1) is 29.0 Å². The van der Waals surface area contributed by atoms with Gasteiger partial charge in [-0.2, -0.15) is 29.0 Å². The van der Waals surface area contributed by atoms with E-state index in [-0.39, 0.29) is 36.5 Å². The highest BCUT2D eigenvalue weighted by atomic mass is 19.4. The standard InChI is InChI=1S/C27H20F3N5O2/c28-27(29,30)19-8-4-7-18(11-19)23-22-13-35(25(36)37-14-17-5-2-1-3-6-17)10-9-20(22)21(12-31)24(34)26(23,15-32)16-33/h1-9,11,22-23H,10,13-14,34H2. The number of nitriles is 3. The van der Waals surface area contributed by atoms with Gasteiger partial charge < -0.3 is 15.4 Å². The molecule has 0 saturated carbocycles. The van der Waals surface area contributed by atoms with Crippen molar-refractivity contribution in [1.29, 1.82) is 15.8 Å². The Balaban J connectivity index is 1.77. The first-order valence-corrected chi connectivity index (χ1v) is 11.2. The molecule has 2 aliphatic rings. The van der Waals surface area contributed by atoms with Crippen molar-refractivity contribution in [1.82, 2.24) is 4.90 Å². The number of carbonyl (C=O) groups is 1. The van der Waals surface area contributed by atoms with Gasteiger partial charge in [-0.25, -0.2) is 4.79 Å². The minimum atomic E-state index is -4.66. The number of nitrogens with two attached hydrogens (primary N) is 1. The van der Waals surface area contributed by atoms with Crippen LogP contribution in [0, 0.1) is 45.3 Å². The molecular weight excluding hydrogens is 483 g/mol. The lowest BCUT2D eigenvalue weighted by atomic mass is 9.58. The number of hydrogen-bond acceptors (Lipinski definition) is 6. The smallest absolute Gasteiger partial charge is 0.416 e. The molecule has 37 heavy (non-hydrogen) atoms. The molecule has 2 aromatic carbocycles. The van der Waals surface area contributed by atoms with Gasteiger partial charge in [-0.3, -0.25) is 0 Å². The number of carbonyl (C=O) groups excluding carboxylic acids is 1. The Hall–Kier alpha value is -4.75. The van der Waals surface area contributed by atoms with Gasteiger partial charge in [0.2, 0.25) is 0 Å². The molecule has 0 aromatic heterocycles. The normalized spacial score (nSPS) is 20.5. The molecule has 4 rings (SSSR count). The number of amides is 1. The molecule has 7 nitrogen and oxygen atoms in total. The zero-order valence-electron chi connectivity index (χ0n) is 19.4. The number of alkyl halides is 3. The van der Waals surface area contributed by atoms with Crippen LogP contribution in [-0.4, -0.2) is 24.1 Å². The van der Waals surface area contributed by atoms with Crippen LogP contribution < -0.4 is 5.73 Å². The van der Waals surface area contributed by atoms with Crippen molar-refractivity contribution in [3.05, 3.63) is 94.2 Å². The van der Waals surface area contributed by atoms with Gasteiger partial charge in [-0.15, -0.1) is 0 Å². The van der Waals surface area contributed by atoms with E-state index in [0.29, 0.717) is 5.57 Å². The molecule has 10 heteroatoms. The van der Waals surface area contributed by atoms with Crippen LogP contribution in [0.4, 0.5) is 18.0 Å². The van der Waals surface area contributed by atoms with E-state index in [1.54, 1.807) is 30.3 Å². The zero-order valence-corrected chi connectivity index (χ0v) is 19.4. The highest BCUT2D eigenvalue weighted by Gasteiger charge is 2.55. The molecule has 2 unspecified atom stereocenters. The second-order valence-electron chi connectivity index (χ2n) is 8.74. The van der Waals surface area contributed by atoms with Gasteiger partial charge in [0.15, 0.2) is 5.41 Å². The third-order valence-corrected chi connectivity index (χ3v) is 6.70. The first-order chi connectivity index (χ1) is 17.7. The molecule has 0 saturated heterocycles. The highest BCUT2D eigenvalue weighted by Crippen LogP contribution is 2.54. The Bertz CT molecular complexity index is 1400. The lowest BCUT2D eigenvalue weighted by Gasteiger charge is -2.45. The summed E-state index contributed by atoms with van der Waals surface area (Å²) >= 11 is 0. The second kappa shape index (κ2) is 9.72. The molecule has 186 valence electrons. The number of benzene rings is 2. The Morgan fingerprint density at radius 1 is 1.11 bits per heavy atom. The van der Waals surface area contributed by atoms with Gasteiger partial charge in [0.25, 0.3) is 0 Å². The number of halogens is 3. The molecule has 0 radical (unpaired) electrons. The van der Waals surface area contributed by atoms with E-state index in [1.807, 2.05) is 24.3 Å². The summed E-state index contributed by atoms with van der Waals surface area (Å²) in [6, 6.07) is 19.0. The van der Waals surface area contributed by atoms with Crippen LogP contribution in [0.15, 0.2) is 77.5 Å². The lowest BCUT2D eigenvalue weighted by molar-refractivity contribution is -0.137. The molecule has 2 N–H and O–H groups in total. The summed E-state index contributed by atoms with van der Waals surface area (Å²) in [7, 11) is 0. The molecule has 1 aliphatic heterocycles. The second-order valence-corrected chi connectivity index (χ2v) is 8.74. The van der Waals surface area contributed by atoms with Crippen molar-refractivity contribution in [2.75, 3.05) is 13.1 Å². The maximum absolute atomic E-state index is 13.5. The lowest BCUT2D eigenvalue weighted by Crippen LogP contribution is -2.49. The number of ether oxygens (including phenoxy) is 1. The number of nitrogens with zero attached hydrogens (tertiary/aromatic N) is 4. The predicted octanol–water partition coefficient (Wildman–Crippen LogP) is 4.77. The number of rotatable bonds is 3. The van der Waals surface area contributed by atoms with E-state index in [2.05, 4.69) is 0 Å². The zero-order chi connectivity index (χ0) is 26.8. The highest BCUT2D eigenvalue weighted by molar-refractivity contribution is 5.69. The predicted molar refractivity (Wildman–Crippen MR) is 124 cm³/mol. The third-order valence-electron chi connectivity index (χ3n) is 6.70. The summed E-state index contributed by atoms with van der Waals surface area (Å²) in [4.78, 5) is 14.2. The van der Waals surface area contributed by atoms with Crippen LogP contribution in [0.5, 0.6) is 0 Å². The fraction of sp³-hybridized carbons (Fsp3) is 0.259. The summed E-state index contributed by atoms with van der Waals surface area (Å²) in [6.45, 7) is -0.0334. The molecule has 1 aliphatic carbocycles. The van der Waals surface area contributed by atoms with E-state index in [0.717, 1.165) is 17.7 Å². The van der Waals surface area contributed by atoms with E-state index in [4.69, 9.17) is 10.5 Å². The minimum absolute atomic E-state index is 0.00505. The van der Waals surface area contributed by atoms with E-state index in [9.17, 15) is 33.8 Å². The maximum Gasteiger partial charge on any atom is 0.416 e. The maximum atomic E-state index is 13.5. The molecule has 2 aromatic rings. The molecule has 1 amide bonds. The van der Waals surface area contributed by atoms with Gasteiger partial charge >= 0.3 is 12.3 Å². The van der Waals surface area contributed by atoms with E-state index < -0.39 is 35.1 Å². The monoisotopic (exact) mass is 503 g/mol. The summed E-state index contributed by atoms with van der Waals surface area (Å²) in [5.41, 5.74) is 3.92. The SMILES string of the molecule is N#CC1=C(N)C(C#N)(C#N)C(c2cccc(C(F)(F)F)c2)C2CN(C(=O)OCc3ccccc3)CC=C12. The Kier molecular flexibility index (Phi) is 6.66. The van der Waals surface area contributed by atoms with Crippen molar-refractivity contribution in [3.63, 3.8) is 0 Å². The van der Waals surface area contributed by atoms with Crippen LogP contribution in [0.1, 0.15) is 22.6 Å². The van der Waals surface area contributed by atoms with Crippen molar-refractivity contribution in [2.45, 2.75) is 18.7 Å². The van der Waals surface area contributed by atoms with Gasteiger partial charge in [0, 0.05) is 24.9 Å². The molecule has 0 fully saturated rings. The van der Waals surface area contributed by atoms with Gasteiger partial charge in [0.1, 0.15) is 12.7 Å². The van der Waals surface area contributed by atoms with Crippen LogP contribution in [0.25, 0.3) is 0 Å². The number of fused-ring (bicyclic) bond motifs is 1. The fourth-order valence-electron chi connectivity index (χ4n) is 4.92. The number of hydrogen-bond donors (Lipinski definition) is 1. The van der Waals surface area contributed by atoms with Crippen molar-refractivity contribution in [3.8, 4) is 18.2 Å². The fourth-order valence-corrected chi connectivity index (χ4v) is 4.92. The van der Waals surface area contributed by atoms with E-state index >= 15 is 0 Å². The van der Waals surface area contributed by atoms with Crippen LogP contribution >= 0.6 is 0 Å². The first-order valence-electron chi connectivity index (χ1n) is 11.2. The molecule has 2 atom stereocenters. The van der Waals surface area contributed by atoms with E-state index in [1.165, 1.54) is 17.0 Å². The Morgan fingerprint density at radius 2 is 1.81 bits per heavy atom. The van der Waals surface area contributed by atoms with Crippen LogP contribution in [-0.2, 0) is 17.5 Å². The minimum Gasteiger partial charge on any atom is -0.445 e. The molecule has 0 spiro atoms. The van der Waals surface area contributed by atoms with Crippen molar-refractivity contribution < 1.29 is 22.7 Å². The van der Waals surface area contributed by atoms with Crippen molar-refractivity contribution >= 4 is 6.09 Å². The Labute approximate surface area is 211 Å². The van der Waals surface area contributed by atoms with Gasteiger partial charge in [-0.1, -0.05) is 54.6 Å². The summed E-state index contributed by atoms with van der Waals surface area (Å²) in [6.07, 6.45) is -3.77. The largest absolute Gasteiger partial charge is 0.445 e. The average molecular weight is 503 g/mol. The van der Waals surface area contributed by atoms with Crippen molar-refractivity contribution in [2.24, 2.45) is 17.1 Å². The van der Waals surface area contributed by atoms with Gasteiger partial charge in [-0.05, 0) is 22.8 Å². The third kappa shape index (κ3) is 4.48. The average Bonchev–Trinajstić information content (AvgIpc) is 2.91. The molecular formula is C27H20F3N5O2. The molecule has 1 heterocycles. The quantitative estimate of drug-likeness (QED) is 0.643. The topological polar surface area (TPSA) is 127 Å². The summed E-state index contributed by atoms with van der Waals surface area (Å²) < 4.78 is 46.0. The molecule has 0 bridgehead atoms.